The van der Waals surface area contributed by atoms with Gasteiger partial charge in [-0.05, 0) is 37.5 Å². The summed E-state index contributed by atoms with van der Waals surface area (Å²) in [7, 11) is -3.60. The number of carbonyl (C=O) groups is 1. The van der Waals surface area contributed by atoms with Gasteiger partial charge in [-0.3, -0.25) is 0 Å². The molecule has 0 saturated carbocycles. The van der Waals surface area contributed by atoms with Crippen LogP contribution in [-0.4, -0.2) is 20.0 Å². The molecule has 4 heteroatoms. The van der Waals surface area contributed by atoms with Crippen molar-refractivity contribution in [1.29, 1.82) is 0 Å². The van der Waals surface area contributed by atoms with Gasteiger partial charge in [0.25, 0.3) is 0 Å². The average Bonchev–Trinajstić information content (AvgIpc) is 2.48. The fraction of sp³-hybridized carbons (Fsp3) is 0.235. The molecule has 21 heavy (non-hydrogen) atoms. The zero-order valence-electron chi connectivity index (χ0n) is 11.9. The van der Waals surface area contributed by atoms with Crippen molar-refractivity contribution >= 4 is 16.1 Å². The Bertz CT molecular complexity index is 706. The third-order valence-corrected chi connectivity index (χ3v) is 5.50. The molecule has 2 aromatic rings. The summed E-state index contributed by atoms with van der Waals surface area (Å²) >= 11 is 0. The molecule has 0 radical (unpaired) electrons. The van der Waals surface area contributed by atoms with E-state index in [1.807, 2.05) is 31.2 Å². The van der Waals surface area contributed by atoms with Gasteiger partial charge in [0.15, 0.2) is 9.84 Å². The Kier molecular flexibility index (Phi) is 4.91. The zero-order chi connectivity index (χ0) is 15.3. The van der Waals surface area contributed by atoms with Crippen LogP contribution in [0.1, 0.15) is 17.5 Å². The number of carbonyl (C=O) groups excluding carboxylic acids is 1. The van der Waals surface area contributed by atoms with E-state index in [9.17, 15) is 13.2 Å². The van der Waals surface area contributed by atoms with E-state index in [2.05, 4.69) is 0 Å². The number of sulfone groups is 1. The molecule has 0 bridgehead atoms. The predicted molar refractivity (Wildman–Crippen MR) is 83.0 cm³/mol. The highest BCUT2D eigenvalue weighted by Gasteiger charge is 2.26. The molecule has 110 valence electrons. The van der Waals surface area contributed by atoms with Crippen LogP contribution in [0.15, 0.2) is 59.5 Å². The van der Waals surface area contributed by atoms with E-state index < -0.39 is 15.1 Å². The first kappa shape index (κ1) is 15.4. The first-order valence-electron chi connectivity index (χ1n) is 6.84. The van der Waals surface area contributed by atoms with Gasteiger partial charge in [-0.2, -0.15) is 0 Å². The topological polar surface area (TPSA) is 51.2 Å². The second kappa shape index (κ2) is 6.68. The molecule has 0 aliphatic heterocycles. The minimum Gasteiger partial charge on any atom is -0.302 e. The highest BCUT2D eigenvalue weighted by molar-refractivity contribution is 7.92. The Morgan fingerprint density at radius 3 is 2.38 bits per heavy atom. The Labute approximate surface area is 125 Å². The molecular formula is C17H18O3S. The van der Waals surface area contributed by atoms with Crippen LogP contribution < -0.4 is 0 Å². The molecule has 3 nitrogen and oxygen atoms in total. The fourth-order valence-corrected chi connectivity index (χ4v) is 3.72. The number of hydrogen-bond acceptors (Lipinski definition) is 3. The Hall–Kier alpha value is -1.94. The Balaban J connectivity index is 2.15. The van der Waals surface area contributed by atoms with Crippen LogP contribution in [0.25, 0.3) is 0 Å². The van der Waals surface area contributed by atoms with Crippen LogP contribution in [0.4, 0.5) is 0 Å². The predicted octanol–water partition coefficient (Wildman–Crippen LogP) is 2.97. The van der Waals surface area contributed by atoms with Crippen molar-refractivity contribution in [3.63, 3.8) is 0 Å². The quantitative estimate of drug-likeness (QED) is 0.771. The van der Waals surface area contributed by atoms with Gasteiger partial charge >= 0.3 is 0 Å². The van der Waals surface area contributed by atoms with Crippen molar-refractivity contribution in [2.45, 2.75) is 29.9 Å². The van der Waals surface area contributed by atoms with Gasteiger partial charge in [0.1, 0.15) is 11.5 Å². The Morgan fingerprint density at radius 2 is 1.76 bits per heavy atom. The lowest BCUT2D eigenvalue weighted by Crippen LogP contribution is -2.23. The van der Waals surface area contributed by atoms with Crippen LogP contribution in [0, 0.1) is 6.92 Å². The fourth-order valence-electron chi connectivity index (χ4n) is 2.26. The van der Waals surface area contributed by atoms with Crippen molar-refractivity contribution in [3.8, 4) is 0 Å². The summed E-state index contributed by atoms with van der Waals surface area (Å²) in [6.45, 7) is 1.99. The van der Waals surface area contributed by atoms with Crippen molar-refractivity contribution < 1.29 is 13.2 Å². The van der Waals surface area contributed by atoms with Crippen LogP contribution in [0.3, 0.4) is 0 Å². The monoisotopic (exact) mass is 302 g/mol. The van der Waals surface area contributed by atoms with Gasteiger partial charge in [0.2, 0.25) is 0 Å². The van der Waals surface area contributed by atoms with Gasteiger partial charge < -0.3 is 4.79 Å². The molecule has 2 aromatic carbocycles. The number of aryl methyl sites for hydroxylation is 2. The lowest BCUT2D eigenvalue weighted by Gasteiger charge is -2.12. The van der Waals surface area contributed by atoms with E-state index in [4.69, 9.17) is 0 Å². The second-order valence-corrected chi connectivity index (χ2v) is 7.23. The van der Waals surface area contributed by atoms with E-state index in [0.717, 1.165) is 11.1 Å². The van der Waals surface area contributed by atoms with E-state index in [1.54, 1.807) is 18.2 Å². The van der Waals surface area contributed by atoms with Gasteiger partial charge in [-0.1, -0.05) is 48.0 Å². The molecule has 1 unspecified atom stereocenters. The molecule has 0 N–H and O–H groups in total. The summed E-state index contributed by atoms with van der Waals surface area (Å²) in [5.41, 5.74) is 2.17. The highest BCUT2D eigenvalue weighted by atomic mass is 32.2. The molecule has 0 aliphatic carbocycles. The lowest BCUT2D eigenvalue weighted by atomic mass is 10.1. The second-order valence-electron chi connectivity index (χ2n) is 5.06. The molecule has 0 aliphatic rings. The maximum Gasteiger partial charge on any atom is 0.188 e. The summed E-state index contributed by atoms with van der Waals surface area (Å²) in [6, 6.07) is 16.0. The molecule has 0 spiro atoms. The summed E-state index contributed by atoms with van der Waals surface area (Å²) in [6.07, 6.45) is 1.40. The lowest BCUT2D eigenvalue weighted by molar-refractivity contribution is -0.107. The molecule has 0 saturated heterocycles. The van der Waals surface area contributed by atoms with E-state index in [1.165, 1.54) is 12.1 Å². The van der Waals surface area contributed by atoms with E-state index >= 15 is 0 Å². The third-order valence-electron chi connectivity index (χ3n) is 3.42. The number of aldehydes is 1. The van der Waals surface area contributed by atoms with Gasteiger partial charge in [0, 0.05) is 0 Å². The SMILES string of the molecule is Cc1cccc(CCC(C=O)S(=O)(=O)c2ccccc2)c1. The maximum atomic E-state index is 12.4. The average molecular weight is 302 g/mol. The maximum absolute atomic E-state index is 12.4. The van der Waals surface area contributed by atoms with Crippen molar-refractivity contribution in [2.24, 2.45) is 0 Å². The van der Waals surface area contributed by atoms with Gasteiger partial charge in [-0.15, -0.1) is 0 Å². The van der Waals surface area contributed by atoms with Gasteiger partial charge in [-0.25, -0.2) is 8.42 Å². The first-order valence-corrected chi connectivity index (χ1v) is 8.38. The molecule has 0 amide bonds. The summed E-state index contributed by atoms with van der Waals surface area (Å²) in [4.78, 5) is 11.4. The molecule has 0 fully saturated rings. The summed E-state index contributed by atoms with van der Waals surface area (Å²) < 4.78 is 24.8. The zero-order valence-corrected chi connectivity index (χ0v) is 12.7. The number of hydrogen-bond donors (Lipinski definition) is 0. The largest absolute Gasteiger partial charge is 0.302 e. The molecule has 2 rings (SSSR count). The molecule has 0 aromatic heterocycles. The van der Waals surface area contributed by atoms with E-state index in [0.29, 0.717) is 19.1 Å². The Morgan fingerprint density at radius 1 is 1.05 bits per heavy atom. The highest BCUT2D eigenvalue weighted by Crippen LogP contribution is 2.19. The van der Waals surface area contributed by atoms with Crippen molar-refractivity contribution in [1.82, 2.24) is 0 Å². The smallest absolute Gasteiger partial charge is 0.188 e. The molecule has 1 atom stereocenters. The standard InChI is InChI=1S/C17H18O3S/c1-14-6-5-7-15(12-14)10-11-17(13-18)21(19,20)16-8-3-2-4-9-16/h2-9,12-13,17H,10-11H2,1H3. The number of benzene rings is 2. The van der Waals surface area contributed by atoms with E-state index in [-0.39, 0.29) is 4.90 Å². The van der Waals surface area contributed by atoms with Crippen LogP contribution in [0.2, 0.25) is 0 Å². The van der Waals surface area contributed by atoms with Crippen LogP contribution in [0.5, 0.6) is 0 Å². The summed E-state index contributed by atoms with van der Waals surface area (Å²) in [5, 5.41) is -1.000. The third kappa shape index (κ3) is 3.79. The minimum absolute atomic E-state index is 0.200. The minimum atomic E-state index is -3.60. The summed E-state index contributed by atoms with van der Waals surface area (Å²) in [5.74, 6) is 0. The van der Waals surface area contributed by atoms with Crippen molar-refractivity contribution in [2.75, 3.05) is 0 Å². The first-order chi connectivity index (χ1) is 10.0. The van der Waals surface area contributed by atoms with Crippen LogP contribution in [-0.2, 0) is 21.1 Å². The number of rotatable bonds is 6. The van der Waals surface area contributed by atoms with Gasteiger partial charge in [0.05, 0.1) is 4.90 Å². The normalized spacial score (nSPS) is 12.8. The molecule has 0 heterocycles. The van der Waals surface area contributed by atoms with Crippen LogP contribution >= 0.6 is 0 Å². The molecular weight excluding hydrogens is 284 g/mol. The van der Waals surface area contributed by atoms with Crippen molar-refractivity contribution in [3.05, 3.63) is 65.7 Å².